The summed E-state index contributed by atoms with van der Waals surface area (Å²) in [4.78, 5) is 2.49. The highest BCUT2D eigenvalue weighted by Gasteiger charge is 2.34. The second kappa shape index (κ2) is 6.04. The first-order valence-corrected chi connectivity index (χ1v) is 7.29. The van der Waals surface area contributed by atoms with Gasteiger partial charge < -0.3 is 10.5 Å². The lowest BCUT2D eigenvalue weighted by atomic mass is 10.0. The number of benzene rings is 1. The molecule has 1 aromatic rings. The Bertz CT molecular complexity index is 407. The number of hydrogen-bond acceptors (Lipinski definition) is 3. The van der Waals surface area contributed by atoms with Crippen LogP contribution < -0.4 is 10.5 Å². The van der Waals surface area contributed by atoms with Crippen molar-refractivity contribution in [2.45, 2.75) is 31.8 Å². The van der Waals surface area contributed by atoms with Gasteiger partial charge in [-0.05, 0) is 37.6 Å². The van der Waals surface area contributed by atoms with Gasteiger partial charge in [-0.25, -0.2) is 0 Å². The molecule has 0 bridgehead atoms. The van der Waals surface area contributed by atoms with Crippen LogP contribution in [-0.4, -0.2) is 31.1 Å². The summed E-state index contributed by atoms with van der Waals surface area (Å²) < 4.78 is 6.55. The Morgan fingerprint density at radius 2 is 2.22 bits per heavy atom. The Morgan fingerprint density at radius 3 is 2.72 bits per heavy atom. The van der Waals surface area contributed by atoms with Crippen LogP contribution in [-0.2, 0) is 0 Å². The molecule has 0 amide bonds. The second-order valence-electron chi connectivity index (χ2n) is 4.70. The first-order valence-electron chi connectivity index (χ1n) is 6.50. The average Bonchev–Trinajstić information content (AvgIpc) is 3.20. The van der Waals surface area contributed by atoms with Gasteiger partial charge in [-0.3, -0.25) is 4.90 Å². The number of methoxy groups -OCH3 is 1. The van der Waals surface area contributed by atoms with Crippen molar-refractivity contribution >= 4 is 15.9 Å². The fourth-order valence-corrected chi connectivity index (χ4v) is 2.92. The van der Waals surface area contributed by atoms with Gasteiger partial charge in [-0.15, -0.1) is 0 Å². The summed E-state index contributed by atoms with van der Waals surface area (Å²) in [6, 6.07) is 7.08. The van der Waals surface area contributed by atoms with Crippen LogP contribution in [0.5, 0.6) is 5.75 Å². The molecule has 0 aromatic heterocycles. The number of nitrogens with zero attached hydrogens (tertiary/aromatic N) is 1. The SMILES string of the molecule is CCN(C1CC1)C(CN)c1cc(Br)ccc1OC. The predicted octanol–water partition coefficient (Wildman–Crippen LogP) is 2.94. The fourth-order valence-electron chi connectivity index (χ4n) is 2.55. The van der Waals surface area contributed by atoms with E-state index in [1.54, 1.807) is 7.11 Å². The normalized spacial score (nSPS) is 16.9. The molecule has 100 valence electrons. The van der Waals surface area contributed by atoms with Crippen molar-refractivity contribution in [1.29, 1.82) is 0 Å². The van der Waals surface area contributed by atoms with Gasteiger partial charge in [0.15, 0.2) is 0 Å². The predicted molar refractivity (Wildman–Crippen MR) is 77.9 cm³/mol. The molecule has 1 aliphatic rings. The number of nitrogens with two attached hydrogens (primary N) is 1. The van der Waals surface area contributed by atoms with E-state index in [1.165, 1.54) is 18.4 Å². The molecule has 18 heavy (non-hydrogen) atoms. The van der Waals surface area contributed by atoms with Crippen LogP contribution in [0.25, 0.3) is 0 Å². The highest BCUT2D eigenvalue weighted by atomic mass is 79.9. The van der Waals surface area contributed by atoms with Crippen molar-refractivity contribution in [2.75, 3.05) is 20.2 Å². The van der Waals surface area contributed by atoms with Gasteiger partial charge in [-0.1, -0.05) is 22.9 Å². The topological polar surface area (TPSA) is 38.5 Å². The Balaban J connectivity index is 2.33. The molecular weight excluding hydrogens is 292 g/mol. The monoisotopic (exact) mass is 312 g/mol. The zero-order valence-electron chi connectivity index (χ0n) is 11.0. The van der Waals surface area contributed by atoms with Crippen LogP contribution in [0.3, 0.4) is 0 Å². The van der Waals surface area contributed by atoms with Crippen molar-refractivity contribution in [3.05, 3.63) is 28.2 Å². The van der Waals surface area contributed by atoms with Crippen molar-refractivity contribution in [3.63, 3.8) is 0 Å². The molecule has 0 saturated heterocycles. The van der Waals surface area contributed by atoms with E-state index in [-0.39, 0.29) is 6.04 Å². The molecule has 1 fully saturated rings. The first-order chi connectivity index (χ1) is 8.71. The Labute approximate surface area is 117 Å². The van der Waals surface area contributed by atoms with E-state index in [1.807, 2.05) is 12.1 Å². The van der Waals surface area contributed by atoms with Gasteiger partial charge in [-0.2, -0.15) is 0 Å². The van der Waals surface area contributed by atoms with Gasteiger partial charge >= 0.3 is 0 Å². The lowest BCUT2D eigenvalue weighted by molar-refractivity contribution is 0.198. The van der Waals surface area contributed by atoms with Crippen LogP contribution >= 0.6 is 15.9 Å². The lowest BCUT2D eigenvalue weighted by Crippen LogP contribution is -2.35. The molecule has 2 rings (SSSR count). The zero-order valence-corrected chi connectivity index (χ0v) is 12.6. The number of ether oxygens (including phenoxy) is 1. The molecule has 1 unspecified atom stereocenters. The first kappa shape index (κ1) is 13.8. The minimum Gasteiger partial charge on any atom is -0.496 e. The fraction of sp³-hybridized carbons (Fsp3) is 0.571. The molecule has 0 radical (unpaired) electrons. The van der Waals surface area contributed by atoms with Crippen molar-refractivity contribution < 1.29 is 4.74 Å². The van der Waals surface area contributed by atoms with Gasteiger partial charge in [0.25, 0.3) is 0 Å². The Morgan fingerprint density at radius 1 is 1.50 bits per heavy atom. The average molecular weight is 313 g/mol. The molecule has 1 saturated carbocycles. The summed E-state index contributed by atoms with van der Waals surface area (Å²) in [6.07, 6.45) is 2.58. The molecular formula is C14H21BrN2O. The standard InChI is InChI=1S/C14H21BrN2O/c1-3-17(11-5-6-11)13(9-16)12-8-10(15)4-7-14(12)18-2/h4,7-8,11,13H,3,5-6,9,16H2,1-2H3. The maximum atomic E-state index is 6.01. The smallest absolute Gasteiger partial charge is 0.123 e. The maximum absolute atomic E-state index is 6.01. The largest absolute Gasteiger partial charge is 0.496 e. The Hall–Kier alpha value is -0.580. The number of likely N-dealkylation sites (N-methyl/N-ethyl adjacent to an activating group) is 1. The minimum atomic E-state index is 0.245. The summed E-state index contributed by atoms with van der Waals surface area (Å²) in [5.41, 5.74) is 7.19. The van der Waals surface area contributed by atoms with E-state index in [0.29, 0.717) is 12.6 Å². The molecule has 3 nitrogen and oxygen atoms in total. The highest BCUT2D eigenvalue weighted by molar-refractivity contribution is 9.10. The van der Waals surface area contributed by atoms with Gasteiger partial charge in [0.2, 0.25) is 0 Å². The van der Waals surface area contributed by atoms with Gasteiger partial charge in [0.05, 0.1) is 13.2 Å². The van der Waals surface area contributed by atoms with Crippen molar-refractivity contribution in [3.8, 4) is 5.75 Å². The molecule has 0 aliphatic heterocycles. The van der Waals surface area contributed by atoms with E-state index in [0.717, 1.165) is 16.8 Å². The van der Waals surface area contributed by atoms with E-state index in [9.17, 15) is 0 Å². The summed E-state index contributed by atoms with van der Waals surface area (Å²) in [7, 11) is 1.72. The lowest BCUT2D eigenvalue weighted by Gasteiger charge is -2.31. The zero-order chi connectivity index (χ0) is 13.1. The molecule has 0 heterocycles. The number of halogens is 1. The molecule has 2 N–H and O–H groups in total. The molecule has 1 atom stereocenters. The van der Waals surface area contributed by atoms with Crippen molar-refractivity contribution in [2.24, 2.45) is 5.73 Å². The third kappa shape index (κ3) is 2.87. The van der Waals surface area contributed by atoms with E-state index < -0.39 is 0 Å². The van der Waals surface area contributed by atoms with Gasteiger partial charge in [0.1, 0.15) is 5.75 Å². The van der Waals surface area contributed by atoms with Gasteiger partial charge in [0, 0.05) is 22.6 Å². The van der Waals surface area contributed by atoms with Crippen molar-refractivity contribution in [1.82, 2.24) is 4.90 Å². The highest BCUT2D eigenvalue weighted by Crippen LogP contribution is 2.37. The minimum absolute atomic E-state index is 0.245. The number of hydrogen-bond donors (Lipinski definition) is 1. The maximum Gasteiger partial charge on any atom is 0.123 e. The summed E-state index contributed by atoms with van der Waals surface area (Å²) in [5, 5.41) is 0. The van der Waals surface area contributed by atoms with E-state index in [2.05, 4.69) is 33.8 Å². The summed E-state index contributed by atoms with van der Waals surface area (Å²) in [5.74, 6) is 0.924. The van der Waals surface area contributed by atoms with Crippen LogP contribution in [0.15, 0.2) is 22.7 Å². The second-order valence-corrected chi connectivity index (χ2v) is 5.62. The van der Waals surface area contributed by atoms with Crippen LogP contribution in [0.4, 0.5) is 0 Å². The van der Waals surface area contributed by atoms with E-state index in [4.69, 9.17) is 10.5 Å². The molecule has 0 spiro atoms. The molecule has 1 aromatic carbocycles. The number of rotatable bonds is 6. The van der Waals surface area contributed by atoms with Crippen LogP contribution in [0.2, 0.25) is 0 Å². The third-order valence-electron chi connectivity index (χ3n) is 3.56. The molecule has 1 aliphatic carbocycles. The third-order valence-corrected chi connectivity index (χ3v) is 4.05. The Kier molecular flexibility index (Phi) is 4.65. The molecule has 4 heteroatoms. The summed E-state index contributed by atoms with van der Waals surface area (Å²) in [6.45, 7) is 3.85. The quantitative estimate of drug-likeness (QED) is 0.877. The summed E-state index contributed by atoms with van der Waals surface area (Å²) >= 11 is 3.53. The van der Waals surface area contributed by atoms with Crippen LogP contribution in [0, 0.1) is 0 Å². The van der Waals surface area contributed by atoms with E-state index >= 15 is 0 Å². The van der Waals surface area contributed by atoms with Crippen LogP contribution in [0.1, 0.15) is 31.4 Å².